The molecule has 17 heavy (non-hydrogen) atoms. The summed E-state index contributed by atoms with van der Waals surface area (Å²) in [5.41, 5.74) is 0.317. The minimum Gasteiger partial charge on any atom is -0.505 e. The van der Waals surface area contributed by atoms with Gasteiger partial charge >= 0.3 is 0 Å². The fourth-order valence-electron chi connectivity index (χ4n) is 1.50. The summed E-state index contributed by atoms with van der Waals surface area (Å²) < 4.78 is 0. The molecular weight excluding hydrogens is 284 g/mol. The number of aromatic hydroxyl groups is 1. The van der Waals surface area contributed by atoms with Gasteiger partial charge in [-0.1, -0.05) is 29.3 Å². The Morgan fingerprint density at radius 1 is 1.53 bits per heavy atom. The monoisotopic (exact) mass is 300 g/mol. The number of alkyl halides is 1. The number of pyridine rings is 1. The Morgan fingerprint density at radius 3 is 2.88 bits per heavy atom. The Hall–Kier alpha value is -1.10. The lowest BCUT2D eigenvalue weighted by Gasteiger charge is -2.21. The quantitative estimate of drug-likeness (QED) is 0.821. The fourth-order valence-corrected chi connectivity index (χ4v) is 1.93. The minimum atomic E-state index is -0.141. The van der Waals surface area contributed by atoms with Crippen LogP contribution in [-0.4, -0.2) is 39.3 Å². The molecule has 1 amide bonds. The molecule has 0 aliphatic heterocycles. The predicted octanol–water partition coefficient (Wildman–Crippen LogP) is 2.42. The first kappa shape index (κ1) is 14.0. The van der Waals surface area contributed by atoms with E-state index in [-0.39, 0.29) is 11.7 Å². The van der Waals surface area contributed by atoms with Gasteiger partial charge in [0.05, 0.1) is 11.8 Å². The summed E-state index contributed by atoms with van der Waals surface area (Å²) in [6.07, 6.45) is 4.80. The average Bonchev–Trinajstić information content (AvgIpc) is 2.34. The van der Waals surface area contributed by atoms with Gasteiger partial charge in [-0.2, -0.15) is 0 Å². The maximum atomic E-state index is 12.2. The van der Waals surface area contributed by atoms with Gasteiger partial charge in [-0.05, 0) is 12.5 Å². The summed E-state index contributed by atoms with van der Waals surface area (Å²) in [6.45, 7) is 3.43. The van der Waals surface area contributed by atoms with Gasteiger partial charge in [-0.3, -0.25) is 9.78 Å². The Labute approximate surface area is 110 Å². The number of unbranched alkanes of at least 4 members (excludes halogenated alkanes) is 1. The number of hydrogen-bond acceptors (Lipinski definition) is 3. The predicted molar refractivity (Wildman–Crippen MR) is 70.5 cm³/mol. The molecule has 5 heteroatoms. The van der Waals surface area contributed by atoms with Crippen LogP contribution in [0, 0.1) is 0 Å². The van der Waals surface area contributed by atoms with Gasteiger partial charge in [0.2, 0.25) is 0 Å². The largest absolute Gasteiger partial charge is 0.505 e. The highest BCUT2D eigenvalue weighted by Crippen LogP contribution is 2.16. The van der Waals surface area contributed by atoms with E-state index in [9.17, 15) is 9.90 Å². The highest BCUT2D eigenvalue weighted by molar-refractivity contribution is 9.09. The number of nitrogens with zero attached hydrogens (tertiary/aromatic N) is 2. The van der Waals surface area contributed by atoms with Crippen molar-refractivity contribution in [2.45, 2.75) is 19.8 Å². The highest BCUT2D eigenvalue weighted by Gasteiger charge is 2.17. The van der Waals surface area contributed by atoms with Gasteiger partial charge in [-0.15, -0.1) is 0 Å². The third kappa shape index (κ3) is 4.00. The lowest BCUT2D eigenvalue weighted by Crippen LogP contribution is -2.33. The molecule has 1 aromatic heterocycles. The van der Waals surface area contributed by atoms with Crippen LogP contribution < -0.4 is 0 Å². The Balaban J connectivity index is 2.80. The number of aromatic nitrogens is 1. The lowest BCUT2D eigenvalue weighted by atomic mass is 10.2. The third-order valence-electron chi connectivity index (χ3n) is 2.45. The first-order valence-electron chi connectivity index (χ1n) is 5.69. The van der Waals surface area contributed by atoms with Crippen molar-refractivity contribution < 1.29 is 9.90 Å². The molecule has 1 aromatic rings. The van der Waals surface area contributed by atoms with E-state index in [2.05, 4.69) is 27.8 Å². The van der Waals surface area contributed by atoms with E-state index in [0.717, 1.165) is 18.2 Å². The van der Waals surface area contributed by atoms with E-state index in [1.165, 1.54) is 12.4 Å². The zero-order valence-electron chi connectivity index (χ0n) is 9.90. The van der Waals surface area contributed by atoms with E-state index >= 15 is 0 Å². The zero-order valence-corrected chi connectivity index (χ0v) is 11.5. The molecule has 0 aromatic carbocycles. The zero-order chi connectivity index (χ0) is 12.7. The van der Waals surface area contributed by atoms with Crippen molar-refractivity contribution in [1.82, 2.24) is 9.88 Å². The summed E-state index contributed by atoms with van der Waals surface area (Å²) in [5, 5.41) is 10.3. The van der Waals surface area contributed by atoms with Gasteiger partial charge in [0.1, 0.15) is 5.75 Å². The van der Waals surface area contributed by atoms with Crippen LogP contribution in [0.1, 0.15) is 30.1 Å². The van der Waals surface area contributed by atoms with Crippen LogP contribution in [0.5, 0.6) is 5.75 Å². The van der Waals surface area contributed by atoms with E-state index in [0.29, 0.717) is 18.7 Å². The van der Waals surface area contributed by atoms with Crippen LogP contribution in [0.2, 0.25) is 0 Å². The van der Waals surface area contributed by atoms with Crippen LogP contribution in [0.15, 0.2) is 18.5 Å². The van der Waals surface area contributed by atoms with Gasteiger partial charge in [0, 0.05) is 24.6 Å². The van der Waals surface area contributed by atoms with Gasteiger partial charge < -0.3 is 10.0 Å². The number of carbonyl (C=O) groups is 1. The second-order valence-electron chi connectivity index (χ2n) is 3.73. The molecule has 0 unspecified atom stereocenters. The maximum Gasteiger partial charge on any atom is 0.257 e. The first-order valence-corrected chi connectivity index (χ1v) is 6.81. The minimum absolute atomic E-state index is 0.0615. The van der Waals surface area contributed by atoms with Crippen molar-refractivity contribution in [3.05, 3.63) is 24.0 Å². The van der Waals surface area contributed by atoms with Gasteiger partial charge in [0.25, 0.3) is 5.91 Å². The maximum absolute atomic E-state index is 12.2. The van der Waals surface area contributed by atoms with Crippen LogP contribution in [0.3, 0.4) is 0 Å². The van der Waals surface area contributed by atoms with Gasteiger partial charge in [0.15, 0.2) is 0 Å². The topological polar surface area (TPSA) is 53.4 Å². The molecule has 4 nitrogen and oxygen atoms in total. The van der Waals surface area contributed by atoms with E-state index < -0.39 is 0 Å². The SMILES string of the molecule is CCCCN(CCBr)C(=O)c1ccncc1O. The molecule has 0 spiro atoms. The van der Waals surface area contributed by atoms with Gasteiger partial charge in [-0.25, -0.2) is 0 Å². The van der Waals surface area contributed by atoms with E-state index in [1.807, 2.05) is 0 Å². The molecule has 1 N–H and O–H groups in total. The highest BCUT2D eigenvalue weighted by atomic mass is 79.9. The first-order chi connectivity index (χ1) is 8.20. The number of rotatable bonds is 6. The molecule has 0 fully saturated rings. The van der Waals surface area contributed by atoms with Crippen LogP contribution in [-0.2, 0) is 0 Å². The second kappa shape index (κ2) is 7.27. The number of halogens is 1. The third-order valence-corrected chi connectivity index (χ3v) is 2.81. The number of hydrogen-bond donors (Lipinski definition) is 1. The van der Waals surface area contributed by atoms with Crippen molar-refractivity contribution in [3.63, 3.8) is 0 Å². The van der Waals surface area contributed by atoms with Crippen molar-refractivity contribution in [3.8, 4) is 5.75 Å². The summed E-state index contributed by atoms with van der Waals surface area (Å²) in [6, 6.07) is 1.55. The Morgan fingerprint density at radius 2 is 2.29 bits per heavy atom. The van der Waals surface area contributed by atoms with Crippen LogP contribution >= 0.6 is 15.9 Å². The standard InChI is InChI=1S/C12H17BrN2O2/c1-2-3-7-15(8-5-13)12(17)10-4-6-14-9-11(10)16/h4,6,9,16H,2-3,5,7-8H2,1H3. The van der Waals surface area contributed by atoms with Crippen LogP contribution in [0.4, 0.5) is 0 Å². The summed E-state index contributed by atoms with van der Waals surface area (Å²) >= 11 is 3.33. The Kier molecular flexibility index (Phi) is 5.97. The lowest BCUT2D eigenvalue weighted by molar-refractivity contribution is 0.0761. The normalized spacial score (nSPS) is 10.2. The molecule has 1 heterocycles. The Bertz CT molecular complexity index is 371. The molecule has 0 saturated heterocycles. The summed E-state index contributed by atoms with van der Waals surface area (Å²) in [7, 11) is 0. The molecule has 0 aliphatic rings. The molecule has 0 radical (unpaired) electrons. The molecule has 0 atom stereocenters. The van der Waals surface area contributed by atoms with Crippen molar-refractivity contribution in [1.29, 1.82) is 0 Å². The van der Waals surface area contributed by atoms with E-state index in [4.69, 9.17) is 0 Å². The van der Waals surface area contributed by atoms with E-state index in [1.54, 1.807) is 11.0 Å². The molecule has 0 aliphatic carbocycles. The smallest absolute Gasteiger partial charge is 0.257 e. The fraction of sp³-hybridized carbons (Fsp3) is 0.500. The second-order valence-corrected chi connectivity index (χ2v) is 4.52. The van der Waals surface area contributed by atoms with Crippen molar-refractivity contribution >= 4 is 21.8 Å². The molecule has 1 rings (SSSR count). The van der Waals surface area contributed by atoms with Crippen molar-refractivity contribution in [2.75, 3.05) is 18.4 Å². The summed E-state index contributed by atoms with van der Waals surface area (Å²) in [4.78, 5) is 17.7. The average molecular weight is 301 g/mol. The number of carbonyl (C=O) groups excluding carboxylic acids is 1. The molecule has 0 bridgehead atoms. The molecule has 94 valence electrons. The number of amides is 1. The summed E-state index contributed by atoms with van der Waals surface area (Å²) in [5.74, 6) is -0.202. The van der Waals surface area contributed by atoms with Crippen LogP contribution in [0.25, 0.3) is 0 Å². The van der Waals surface area contributed by atoms with Crippen molar-refractivity contribution in [2.24, 2.45) is 0 Å². The molecule has 0 saturated carbocycles. The molecular formula is C12H17BrN2O2.